The Morgan fingerprint density at radius 2 is 2.06 bits per heavy atom. The highest BCUT2D eigenvalue weighted by atomic mass is 16.1. The smallest absolute Gasteiger partial charge is 0.140 e. The van der Waals surface area contributed by atoms with Gasteiger partial charge in [-0.1, -0.05) is 26.0 Å². The van der Waals surface area contributed by atoms with Gasteiger partial charge in [0.25, 0.3) is 0 Å². The fraction of sp³-hybridized carbons (Fsp3) is 0.429. The van der Waals surface area contributed by atoms with Crippen molar-refractivity contribution < 1.29 is 4.79 Å². The average Bonchev–Trinajstić information content (AvgIpc) is 2.68. The first kappa shape index (κ1) is 11.8. The number of imidazole rings is 1. The Kier molecular flexibility index (Phi) is 3.57. The summed E-state index contributed by atoms with van der Waals surface area (Å²) in [5.74, 6) is 1.15. The second kappa shape index (κ2) is 5.13. The third-order valence-electron chi connectivity index (χ3n) is 2.93. The molecule has 0 saturated heterocycles. The van der Waals surface area contributed by atoms with E-state index >= 15 is 0 Å². The van der Waals surface area contributed by atoms with Crippen LogP contribution in [-0.4, -0.2) is 15.3 Å². The van der Waals surface area contributed by atoms with Crippen molar-refractivity contribution in [2.24, 2.45) is 0 Å². The van der Waals surface area contributed by atoms with Crippen LogP contribution in [0.25, 0.3) is 11.0 Å². The molecule has 0 radical (unpaired) electrons. The van der Waals surface area contributed by atoms with Gasteiger partial charge in [0.1, 0.15) is 11.6 Å². The number of ketones is 1. The highest BCUT2D eigenvalue weighted by Gasteiger charge is 2.12. The predicted molar refractivity (Wildman–Crippen MR) is 69.0 cm³/mol. The Morgan fingerprint density at radius 1 is 1.29 bits per heavy atom. The van der Waals surface area contributed by atoms with Crippen LogP contribution in [0.5, 0.6) is 0 Å². The zero-order chi connectivity index (χ0) is 12.3. The molecule has 0 fully saturated rings. The number of hydrogen-bond donors (Lipinski definition) is 0. The summed E-state index contributed by atoms with van der Waals surface area (Å²) >= 11 is 0. The molecule has 1 aromatic carbocycles. The highest BCUT2D eigenvalue weighted by molar-refractivity contribution is 5.82. The molecule has 1 aromatic heterocycles. The van der Waals surface area contributed by atoms with Crippen LogP contribution in [0.3, 0.4) is 0 Å². The first-order valence-electron chi connectivity index (χ1n) is 6.22. The molecule has 0 aliphatic rings. The second-order valence-electron chi connectivity index (χ2n) is 4.24. The molecule has 0 aliphatic carbocycles. The van der Waals surface area contributed by atoms with E-state index in [0.717, 1.165) is 29.8 Å². The second-order valence-corrected chi connectivity index (χ2v) is 4.24. The lowest BCUT2D eigenvalue weighted by atomic mass is 10.2. The van der Waals surface area contributed by atoms with Crippen molar-refractivity contribution in [3.05, 3.63) is 30.1 Å². The fourth-order valence-corrected chi connectivity index (χ4v) is 2.03. The minimum absolute atomic E-state index is 0.248. The number of benzene rings is 1. The lowest BCUT2D eigenvalue weighted by molar-refractivity contribution is -0.118. The van der Waals surface area contributed by atoms with Gasteiger partial charge in [0, 0.05) is 13.0 Å². The van der Waals surface area contributed by atoms with Crippen LogP contribution in [-0.2, 0) is 17.8 Å². The first-order valence-corrected chi connectivity index (χ1v) is 6.22. The number of Topliss-reactive ketones (excluding diaryl/α,β-unsaturated/α-hetero) is 1. The van der Waals surface area contributed by atoms with Crippen molar-refractivity contribution in [2.45, 2.75) is 39.7 Å². The summed E-state index contributed by atoms with van der Waals surface area (Å²) in [7, 11) is 0. The summed E-state index contributed by atoms with van der Waals surface area (Å²) in [5.41, 5.74) is 2.12. The molecule has 0 N–H and O–H groups in total. The summed E-state index contributed by atoms with van der Waals surface area (Å²) < 4.78 is 2.17. The van der Waals surface area contributed by atoms with Gasteiger partial charge in [0.05, 0.1) is 17.5 Å². The van der Waals surface area contributed by atoms with Gasteiger partial charge < -0.3 is 4.57 Å². The van der Waals surface area contributed by atoms with Crippen LogP contribution in [0, 0.1) is 0 Å². The van der Waals surface area contributed by atoms with Crippen LogP contribution in [0.4, 0.5) is 0 Å². The van der Waals surface area contributed by atoms with Gasteiger partial charge in [0.2, 0.25) is 0 Å². The number of aryl methyl sites for hydroxylation is 1. The summed E-state index contributed by atoms with van der Waals surface area (Å²) in [5, 5.41) is 0. The zero-order valence-electron chi connectivity index (χ0n) is 10.4. The van der Waals surface area contributed by atoms with Crippen molar-refractivity contribution in [3.8, 4) is 0 Å². The maximum absolute atomic E-state index is 11.6. The Hall–Kier alpha value is -1.64. The molecule has 3 nitrogen and oxygen atoms in total. The van der Waals surface area contributed by atoms with Gasteiger partial charge in [-0.2, -0.15) is 0 Å². The molecule has 2 rings (SSSR count). The van der Waals surface area contributed by atoms with E-state index in [9.17, 15) is 4.79 Å². The van der Waals surface area contributed by atoms with E-state index in [0.29, 0.717) is 12.8 Å². The highest BCUT2D eigenvalue weighted by Crippen LogP contribution is 2.17. The quantitative estimate of drug-likeness (QED) is 0.791. The molecule has 0 aliphatic heterocycles. The molecule has 1 heterocycles. The molecule has 0 spiro atoms. The van der Waals surface area contributed by atoms with Gasteiger partial charge >= 0.3 is 0 Å². The SMILES string of the molecule is CCCn1c(CC(=O)CC)nc2ccccc21. The number of aromatic nitrogens is 2. The minimum atomic E-state index is 0.248. The Bertz CT molecular complexity index is 528. The Balaban J connectivity index is 2.45. The standard InChI is InChI=1S/C14H18N2O/c1-3-9-16-13-8-6-5-7-12(13)15-14(16)10-11(17)4-2/h5-8H,3-4,9-10H2,1-2H3. The van der Waals surface area contributed by atoms with Crippen molar-refractivity contribution in [1.29, 1.82) is 0 Å². The molecule has 3 heteroatoms. The normalized spacial score (nSPS) is 10.9. The maximum atomic E-state index is 11.6. The number of nitrogens with zero attached hydrogens (tertiary/aromatic N) is 2. The van der Waals surface area contributed by atoms with Crippen LogP contribution in [0.1, 0.15) is 32.5 Å². The van der Waals surface area contributed by atoms with Crippen molar-refractivity contribution in [1.82, 2.24) is 9.55 Å². The molecule has 0 bridgehead atoms. The number of carbonyl (C=O) groups excluding carboxylic acids is 1. The molecule has 90 valence electrons. The van der Waals surface area contributed by atoms with Crippen molar-refractivity contribution in [3.63, 3.8) is 0 Å². The summed E-state index contributed by atoms with van der Waals surface area (Å²) in [6.07, 6.45) is 2.08. The predicted octanol–water partition coefficient (Wildman–Crippen LogP) is 2.97. The Morgan fingerprint density at radius 3 is 2.76 bits per heavy atom. The van der Waals surface area contributed by atoms with Gasteiger partial charge in [0.15, 0.2) is 0 Å². The summed E-state index contributed by atoms with van der Waals surface area (Å²) in [6, 6.07) is 8.07. The Labute approximate surface area is 101 Å². The fourth-order valence-electron chi connectivity index (χ4n) is 2.03. The largest absolute Gasteiger partial charge is 0.328 e. The average molecular weight is 230 g/mol. The topological polar surface area (TPSA) is 34.9 Å². The van der Waals surface area contributed by atoms with Crippen LogP contribution in [0.15, 0.2) is 24.3 Å². The molecule has 0 amide bonds. The number of carbonyl (C=O) groups is 1. The number of para-hydroxylation sites is 2. The third kappa shape index (κ3) is 2.38. The van der Waals surface area contributed by atoms with Gasteiger partial charge in [-0.05, 0) is 18.6 Å². The molecular formula is C14H18N2O. The van der Waals surface area contributed by atoms with E-state index in [2.05, 4.69) is 22.5 Å². The minimum Gasteiger partial charge on any atom is -0.328 e. The molecule has 0 atom stereocenters. The third-order valence-corrected chi connectivity index (χ3v) is 2.93. The van der Waals surface area contributed by atoms with Crippen molar-refractivity contribution in [2.75, 3.05) is 0 Å². The van der Waals surface area contributed by atoms with Crippen LogP contribution >= 0.6 is 0 Å². The maximum Gasteiger partial charge on any atom is 0.140 e. The molecule has 2 aromatic rings. The van der Waals surface area contributed by atoms with E-state index in [4.69, 9.17) is 0 Å². The van der Waals surface area contributed by atoms with E-state index < -0.39 is 0 Å². The van der Waals surface area contributed by atoms with Gasteiger partial charge in [-0.3, -0.25) is 4.79 Å². The zero-order valence-corrected chi connectivity index (χ0v) is 10.4. The van der Waals surface area contributed by atoms with Gasteiger partial charge in [-0.25, -0.2) is 4.98 Å². The van der Waals surface area contributed by atoms with Gasteiger partial charge in [-0.15, -0.1) is 0 Å². The molecule has 0 unspecified atom stereocenters. The molecular weight excluding hydrogens is 212 g/mol. The number of fused-ring (bicyclic) bond motifs is 1. The molecule has 17 heavy (non-hydrogen) atoms. The molecule has 0 saturated carbocycles. The first-order chi connectivity index (χ1) is 8.26. The van der Waals surface area contributed by atoms with Crippen molar-refractivity contribution >= 4 is 16.8 Å². The lowest BCUT2D eigenvalue weighted by Crippen LogP contribution is -2.09. The lowest BCUT2D eigenvalue weighted by Gasteiger charge is -2.06. The van der Waals surface area contributed by atoms with E-state index in [1.165, 1.54) is 0 Å². The summed E-state index contributed by atoms with van der Waals surface area (Å²) in [4.78, 5) is 16.1. The number of hydrogen-bond acceptors (Lipinski definition) is 2. The van der Waals surface area contributed by atoms with E-state index in [1.54, 1.807) is 0 Å². The summed E-state index contributed by atoms with van der Waals surface area (Å²) in [6.45, 7) is 4.96. The van der Waals surface area contributed by atoms with E-state index in [1.807, 2.05) is 25.1 Å². The van der Waals surface area contributed by atoms with Crippen LogP contribution < -0.4 is 0 Å². The monoisotopic (exact) mass is 230 g/mol. The number of rotatable bonds is 5. The van der Waals surface area contributed by atoms with Crippen LogP contribution in [0.2, 0.25) is 0 Å². The van der Waals surface area contributed by atoms with E-state index in [-0.39, 0.29) is 5.78 Å².